The summed E-state index contributed by atoms with van der Waals surface area (Å²) in [5.41, 5.74) is 8.71. The fourth-order valence-electron chi connectivity index (χ4n) is 2.73. The van der Waals surface area contributed by atoms with Crippen LogP contribution in [0.5, 0.6) is 0 Å². The van der Waals surface area contributed by atoms with Crippen LogP contribution in [0, 0.1) is 11.8 Å². The molecule has 0 amide bonds. The van der Waals surface area contributed by atoms with Crippen LogP contribution >= 0.6 is 0 Å². The van der Waals surface area contributed by atoms with Crippen molar-refractivity contribution in [2.75, 3.05) is 18.0 Å². The smallest absolute Gasteiger partial charge is 0.0401 e. The molecule has 94 valence electrons. The first-order valence-electron chi connectivity index (χ1n) is 6.68. The van der Waals surface area contributed by atoms with Gasteiger partial charge < -0.3 is 10.6 Å². The Balaban J connectivity index is 2.29. The molecule has 1 aliphatic rings. The first-order valence-corrected chi connectivity index (χ1v) is 6.68. The predicted octanol–water partition coefficient (Wildman–Crippen LogP) is 2.67. The molecule has 0 spiro atoms. The van der Waals surface area contributed by atoms with Gasteiger partial charge in [-0.15, -0.1) is 0 Å². The van der Waals surface area contributed by atoms with Crippen LogP contribution in [-0.4, -0.2) is 19.1 Å². The second-order valence-corrected chi connectivity index (χ2v) is 5.54. The van der Waals surface area contributed by atoms with E-state index < -0.39 is 0 Å². The summed E-state index contributed by atoms with van der Waals surface area (Å²) in [6.07, 6.45) is 1.20. The third kappa shape index (κ3) is 2.47. The number of rotatable bonds is 3. The van der Waals surface area contributed by atoms with Crippen LogP contribution in [0.4, 0.5) is 5.69 Å². The molecule has 1 aromatic carbocycles. The standard InChI is InChI=1S/C15H24N2/c1-11-8-14-6-4-5-7-15(14)17(10-11)13(3)12(2)9-16/h4-7,11-13H,8-10,16H2,1-3H3. The van der Waals surface area contributed by atoms with E-state index in [0.717, 1.165) is 19.0 Å². The second kappa shape index (κ2) is 5.09. The number of nitrogens with two attached hydrogens (primary N) is 1. The van der Waals surface area contributed by atoms with Gasteiger partial charge in [-0.25, -0.2) is 0 Å². The molecule has 0 saturated carbocycles. The van der Waals surface area contributed by atoms with E-state index in [1.807, 2.05) is 0 Å². The third-order valence-corrected chi connectivity index (χ3v) is 4.06. The highest BCUT2D eigenvalue weighted by Gasteiger charge is 2.27. The number of para-hydroxylation sites is 1. The highest BCUT2D eigenvalue weighted by molar-refractivity contribution is 5.56. The van der Waals surface area contributed by atoms with Crippen LogP contribution in [0.2, 0.25) is 0 Å². The number of anilines is 1. The molecule has 17 heavy (non-hydrogen) atoms. The van der Waals surface area contributed by atoms with Gasteiger partial charge in [0.25, 0.3) is 0 Å². The molecule has 2 N–H and O–H groups in total. The Bertz CT molecular complexity index is 375. The van der Waals surface area contributed by atoms with Gasteiger partial charge in [0, 0.05) is 18.3 Å². The Morgan fingerprint density at radius 1 is 1.35 bits per heavy atom. The van der Waals surface area contributed by atoms with Crippen molar-refractivity contribution in [2.45, 2.75) is 33.2 Å². The zero-order valence-electron chi connectivity index (χ0n) is 11.2. The first kappa shape index (κ1) is 12.4. The molecule has 1 aliphatic heterocycles. The molecule has 0 fully saturated rings. The lowest BCUT2D eigenvalue weighted by Crippen LogP contribution is -2.45. The topological polar surface area (TPSA) is 29.3 Å². The monoisotopic (exact) mass is 232 g/mol. The Hall–Kier alpha value is -1.02. The van der Waals surface area contributed by atoms with Gasteiger partial charge in [0.05, 0.1) is 0 Å². The number of nitrogens with zero attached hydrogens (tertiary/aromatic N) is 1. The van der Waals surface area contributed by atoms with Crippen molar-refractivity contribution in [1.82, 2.24) is 0 Å². The summed E-state index contributed by atoms with van der Waals surface area (Å²) in [6.45, 7) is 8.79. The highest BCUT2D eigenvalue weighted by atomic mass is 15.2. The summed E-state index contributed by atoms with van der Waals surface area (Å²) in [4.78, 5) is 2.54. The average molecular weight is 232 g/mol. The molecule has 2 nitrogen and oxygen atoms in total. The molecule has 2 heteroatoms. The van der Waals surface area contributed by atoms with E-state index in [4.69, 9.17) is 5.73 Å². The number of hydrogen-bond donors (Lipinski definition) is 1. The molecule has 3 atom stereocenters. The summed E-state index contributed by atoms with van der Waals surface area (Å²) in [7, 11) is 0. The quantitative estimate of drug-likeness (QED) is 0.868. The lowest BCUT2D eigenvalue weighted by molar-refractivity contribution is 0.415. The van der Waals surface area contributed by atoms with Gasteiger partial charge >= 0.3 is 0 Å². The Morgan fingerprint density at radius 2 is 2.06 bits per heavy atom. The van der Waals surface area contributed by atoms with Gasteiger partial charge in [-0.2, -0.15) is 0 Å². The summed E-state index contributed by atoms with van der Waals surface area (Å²) in [5.74, 6) is 1.27. The van der Waals surface area contributed by atoms with E-state index in [2.05, 4.69) is 49.9 Å². The van der Waals surface area contributed by atoms with E-state index in [1.54, 1.807) is 0 Å². The van der Waals surface area contributed by atoms with E-state index >= 15 is 0 Å². The van der Waals surface area contributed by atoms with Crippen LogP contribution in [0.1, 0.15) is 26.3 Å². The average Bonchev–Trinajstić information content (AvgIpc) is 2.35. The minimum absolute atomic E-state index is 0.517. The van der Waals surface area contributed by atoms with Crippen molar-refractivity contribution >= 4 is 5.69 Å². The molecule has 0 radical (unpaired) electrons. The fraction of sp³-hybridized carbons (Fsp3) is 0.600. The molecule has 1 heterocycles. The Kier molecular flexibility index (Phi) is 3.72. The van der Waals surface area contributed by atoms with Crippen LogP contribution < -0.4 is 10.6 Å². The van der Waals surface area contributed by atoms with Gasteiger partial charge in [0.2, 0.25) is 0 Å². The molecule has 0 aliphatic carbocycles. The lowest BCUT2D eigenvalue weighted by Gasteiger charge is -2.41. The van der Waals surface area contributed by atoms with Gasteiger partial charge in [-0.05, 0) is 43.4 Å². The van der Waals surface area contributed by atoms with Gasteiger partial charge in [0.15, 0.2) is 0 Å². The third-order valence-electron chi connectivity index (χ3n) is 4.06. The van der Waals surface area contributed by atoms with Crippen LogP contribution in [-0.2, 0) is 6.42 Å². The number of hydrogen-bond acceptors (Lipinski definition) is 2. The van der Waals surface area contributed by atoms with Crippen molar-refractivity contribution in [3.63, 3.8) is 0 Å². The summed E-state index contributed by atoms with van der Waals surface area (Å²) in [5, 5.41) is 0. The minimum atomic E-state index is 0.517. The maximum absolute atomic E-state index is 5.81. The molecule has 0 bridgehead atoms. The lowest BCUT2D eigenvalue weighted by atomic mass is 9.90. The Labute approximate surface area is 105 Å². The molecule has 1 aromatic rings. The van der Waals surface area contributed by atoms with Gasteiger partial charge in [-0.1, -0.05) is 32.0 Å². The van der Waals surface area contributed by atoms with Crippen molar-refractivity contribution in [3.8, 4) is 0 Å². The van der Waals surface area contributed by atoms with Crippen molar-refractivity contribution in [2.24, 2.45) is 17.6 Å². The van der Waals surface area contributed by atoms with Crippen LogP contribution in [0.15, 0.2) is 24.3 Å². The zero-order chi connectivity index (χ0) is 12.4. The minimum Gasteiger partial charge on any atom is -0.368 e. The van der Waals surface area contributed by atoms with Gasteiger partial charge in [0.1, 0.15) is 0 Å². The molecule has 0 saturated heterocycles. The maximum atomic E-state index is 5.81. The van der Waals surface area contributed by atoms with Crippen LogP contribution in [0.25, 0.3) is 0 Å². The van der Waals surface area contributed by atoms with Crippen LogP contribution in [0.3, 0.4) is 0 Å². The van der Waals surface area contributed by atoms with E-state index in [-0.39, 0.29) is 0 Å². The highest BCUT2D eigenvalue weighted by Crippen LogP contribution is 2.32. The maximum Gasteiger partial charge on any atom is 0.0401 e. The Morgan fingerprint density at radius 3 is 2.76 bits per heavy atom. The number of fused-ring (bicyclic) bond motifs is 1. The first-order chi connectivity index (χ1) is 8.13. The van der Waals surface area contributed by atoms with E-state index in [0.29, 0.717) is 12.0 Å². The normalized spacial score (nSPS) is 23.1. The summed E-state index contributed by atoms with van der Waals surface area (Å²) < 4.78 is 0. The van der Waals surface area contributed by atoms with E-state index in [9.17, 15) is 0 Å². The van der Waals surface area contributed by atoms with Crippen molar-refractivity contribution in [1.29, 1.82) is 0 Å². The molecular formula is C15H24N2. The molecule has 3 unspecified atom stereocenters. The van der Waals surface area contributed by atoms with Crippen molar-refractivity contribution in [3.05, 3.63) is 29.8 Å². The van der Waals surface area contributed by atoms with E-state index in [1.165, 1.54) is 17.7 Å². The second-order valence-electron chi connectivity index (χ2n) is 5.54. The van der Waals surface area contributed by atoms with Crippen molar-refractivity contribution < 1.29 is 0 Å². The summed E-state index contributed by atoms with van der Waals surface area (Å²) in [6, 6.07) is 9.32. The predicted molar refractivity (Wildman–Crippen MR) is 74.3 cm³/mol. The zero-order valence-corrected chi connectivity index (χ0v) is 11.2. The SMILES string of the molecule is CC1Cc2ccccc2N(C(C)C(C)CN)C1. The molecule has 2 rings (SSSR count). The molecule has 0 aromatic heterocycles. The largest absolute Gasteiger partial charge is 0.368 e. The fourth-order valence-corrected chi connectivity index (χ4v) is 2.73. The number of benzene rings is 1. The van der Waals surface area contributed by atoms with Gasteiger partial charge in [-0.3, -0.25) is 0 Å². The summed E-state index contributed by atoms with van der Waals surface area (Å²) >= 11 is 0. The molecular weight excluding hydrogens is 208 g/mol.